The quantitative estimate of drug-likeness (QED) is 0.598. The van der Waals surface area contributed by atoms with Gasteiger partial charge < -0.3 is 15.0 Å². The number of anilines is 2. The number of halogens is 3. The molecule has 4 rings (SSSR count). The number of hydrogen-bond donors (Lipinski definition) is 1. The van der Waals surface area contributed by atoms with Crippen LogP contribution in [0.4, 0.5) is 24.8 Å². The van der Waals surface area contributed by atoms with Crippen LogP contribution in [0.5, 0.6) is 0 Å². The Labute approximate surface area is 196 Å². The molecule has 0 amide bonds. The Morgan fingerprint density at radius 2 is 1.76 bits per heavy atom. The number of morpholine rings is 1. The number of nitrogens with one attached hydrogen (secondary N) is 1. The maximum atomic E-state index is 12.9. The van der Waals surface area contributed by atoms with Crippen LogP contribution >= 0.6 is 0 Å². The van der Waals surface area contributed by atoms with Crippen molar-refractivity contribution >= 4 is 22.8 Å². The lowest BCUT2D eigenvalue weighted by atomic mass is 10.1. The highest BCUT2D eigenvalue weighted by atomic mass is 19.4. The first-order valence-corrected chi connectivity index (χ1v) is 11.3. The van der Waals surface area contributed by atoms with Crippen molar-refractivity contribution in [1.29, 1.82) is 0 Å². The summed E-state index contributed by atoms with van der Waals surface area (Å²) >= 11 is 0. The SMILES string of the molecule is CC.CC.Cn1c(=O)c(N2CCOCC2)nc2c(NCc3cccc(C(F)(F)F)c3)ncnc21. The Kier molecular flexibility index (Phi) is 9.79. The zero-order chi connectivity index (χ0) is 25.3. The van der Waals surface area contributed by atoms with E-state index >= 15 is 0 Å². The topological polar surface area (TPSA) is 85.2 Å². The molecule has 1 aliphatic heterocycles. The maximum absolute atomic E-state index is 12.9. The number of alkyl halides is 3. The Morgan fingerprint density at radius 1 is 1.09 bits per heavy atom. The molecule has 3 heterocycles. The van der Waals surface area contributed by atoms with E-state index in [2.05, 4.69) is 20.3 Å². The second kappa shape index (κ2) is 12.3. The van der Waals surface area contributed by atoms with Gasteiger partial charge in [-0.25, -0.2) is 15.0 Å². The van der Waals surface area contributed by atoms with Gasteiger partial charge in [0, 0.05) is 26.7 Å². The molecule has 1 fully saturated rings. The van der Waals surface area contributed by atoms with Crippen LogP contribution in [0, 0.1) is 0 Å². The fourth-order valence-electron chi connectivity index (χ4n) is 3.27. The Hall–Kier alpha value is -3.21. The fourth-order valence-corrected chi connectivity index (χ4v) is 3.27. The highest BCUT2D eigenvalue weighted by Gasteiger charge is 2.30. The lowest BCUT2D eigenvalue weighted by molar-refractivity contribution is -0.137. The summed E-state index contributed by atoms with van der Waals surface area (Å²) in [5.74, 6) is 0.604. The van der Waals surface area contributed by atoms with Gasteiger partial charge in [0.15, 0.2) is 22.8 Å². The first-order valence-electron chi connectivity index (χ1n) is 11.3. The van der Waals surface area contributed by atoms with Gasteiger partial charge in [-0.2, -0.15) is 13.2 Å². The van der Waals surface area contributed by atoms with Crippen LogP contribution in [0.15, 0.2) is 35.4 Å². The molecule has 3 aromatic rings. The molecule has 0 bridgehead atoms. The standard InChI is InChI=1S/C19H19F3N6O2.2C2H6/c1-27-16-14(26-17(18(27)29)28-5-7-30-8-6-28)15(24-11-25-16)23-10-12-3-2-4-13(9-12)19(20,21)22;2*1-2/h2-4,9,11H,5-8,10H2,1H3,(H,23,24,25);2*1-2H3. The molecule has 1 saturated heterocycles. The summed E-state index contributed by atoms with van der Waals surface area (Å²) in [6, 6.07) is 5.05. The first-order chi connectivity index (χ1) is 16.3. The van der Waals surface area contributed by atoms with Crippen molar-refractivity contribution in [2.24, 2.45) is 7.05 Å². The van der Waals surface area contributed by atoms with E-state index in [9.17, 15) is 18.0 Å². The van der Waals surface area contributed by atoms with Gasteiger partial charge in [0.1, 0.15) is 6.33 Å². The monoisotopic (exact) mass is 480 g/mol. The summed E-state index contributed by atoms with van der Waals surface area (Å²) < 4.78 is 45.6. The van der Waals surface area contributed by atoms with Gasteiger partial charge in [0.05, 0.1) is 18.8 Å². The third-order valence-electron chi connectivity index (χ3n) is 4.86. The van der Waals surface area contributed by atoms with Crippen LogP contribution in [-0.2, 0) is 24.5 Å². The lowest BCUT2D eigenvalue weighted by Crippen LogP contribution is -2.41. The molecule has 0 atom stereocenters. The largest absolute Gasteiger partial charge is 0.416 e. The molecule has 0 saturated carbocycles. The van der Waals surface area contributed by atoms with E-state index in [1.54, 1.807) is 13.1 Å². The molecule has 0 unspecified atom stereocenters. The first kappa shape index (κ1) is 27.0. The molecule has 2 aromatic heterocycles. The summed E-state index contributed by atoms with van der Waals surface area (Å²) in [7, 11) is 1.60. The maximum Gasteiger partial charge on any atom is 0.416 e. The Balaban J connectivity index is 0.000000970. The van der Waals surface area contributed by atoms with Gasteiger partial charge in [0.2, 0.25) is 0 Å². The van der Waals surface area contributed by atoms with E-state index in [0.29, 0.717) is 48.8 Å². The van der Waals surface area contributed by atoms with Crippen molar-refractivity contribution < 1.29 is 17.9 Å². The number of rotatable bonds is 4. The molecule has 186 valence electrons. The normalized spacial score (nSPS) is 13.5. The van der Waals surface area contributed by atoms with Crippen LogP contribution in [0.3, 0.4) is 0 Å². The number of fused-ring (bicyclic) bond motifs is 1. The van der Waals surface area contributed by atoms with Crippen molar-refractivity contribution in [3.05, 3.63) is 52.1 Å². The van der Waals surface area contributed by atoms with Crippen molar-refractivity contribution in [2.75, 3.05) is 36.5 Å². The minimum absolute atomic E-state index is 0.105. The van der Waals surface area contributed by atoms with E-state index in [1.807, 2.05) is 32.6 Å². The predicted molar refractivity (Wildman–Crippen MR) is 127 cm³/mol. The van der Waals surface area contributed by atoms with Gasteiger partial charge in [-0.15, -0.1) is 0 Å². The lowest BCUT2D eigenvalue weighted by Gasteiger charge is -2.27. The summed E-state index contributed by atoms with van der Waals surface area (Å²) in [6.45, 7) is 10.2. The van der Waals surface area contributed by atoms with Crippen LogP contribution < -0.4 is 15.8 Å². The molecular formula is C23H31F3N6O2. The van der Waals surface area contributed by atoms with E-state index in [4.69, 9.17) is 4.74 Å². The van der Waals surface area contributed by atoms with Crippen molar-refractivity contribution in [3.8, 4) is 0 Å². The molecular weight excluding hydrogens is 449 g/mol. The zero-order valence-corrected chi connectivity index (χ0v) is 20.1. The summed E-state index contributed by atoms with van der Waals surface area (Å²) in [6.07, 6.45) is -3.13. The predicted octanol–water partition coefficient (Wildman–Crippen LogP) is 4.24. The van der Waals surface area contributed by atoms with E-state index in [1.165, 1.54) is 17.0 Å². The number of hydrogen-bond acceptors (Lipinski definition) is 7. The number of aryl methyl sites for hydroxylation is 1. The Bertz CT molecular complexity index is 1130. The average Bonchev–Trinajstić information content (AvgIpc) is 2.87. The van der Waals surface area contributed by atoms with Crippen molar-refractivity contribution in [2.45, 2.75) is 40.4 Å². The molecule has 8 nitrogen and oxygen atoms in total. The minimum atomic E-state index is -4.41. The Morgan fingerprint density at radius 3 is 2.41 bits per heavy atom. The van der Waals surface area contributed by atoms with Gasteiger partial charge in [0.25, 0.3) is 5.56 Å². The third-order valence-corrected chi connectivity index (χ3v) is 4.86. The van der Waals surface area contributed by atoms with Crippen molar-refractivity contribution in [1.82, 2.24) is 19.5 Å². The number of nitrogens with zero attached hydrogens (tertiary/aromatic N) is 5. The zero-order valence-electron chi connectivity index (χ0n) is 20.1. The van der Waals surface area contributed by atoms with E-state index < -0.39 is 11.7 Å². The fraction of sp³-hybridized carbons (Fsp3) is 0.478. The second-order valence-electron chi connectivity index (χ2n) is 6.85. The molecule has 34 heavy (non-hydrogen) atoms. The van der Waals surface area contributed by atoms with Crippen LogP contribution in [0.2, 0.25) is 0 Å². The van der Waals surface area contributed by atoms with Crippen LogP contribution in [0.1, 0.15) is 38.8 Å². The minimum Gasteiger partial charge on any atom is -0.378 e. The smallest absolute Gasteiger partial charge is 0.378 e. The van der Waals surface area contributed by atoms with E-state index in [0.717, 1.165) is 12.1 Å². The number of benzene rings is 1. The molecule has 0 aliphatic carbocycles. The summed E-state index contributed by atoms with van der Waals surface area (Å²) in [5.41, 5.74) is 0.137. The summed E-state index contributed by atoms with van der Waals surface area (Å²) in [5, 5.41) is 3.02. The number of aromatic nitrogens is 4. The molecule has 0 radical (unpaired) electrons. The molecule has 1 aromatic carbocycles. The highest BCUT2D eigenvalue weighted by Crippen LogP contribution is 2.29. The second-order valence-corrected chi connectivity index (χ2v) is 6.85. The van der Waals surface area contributed by atoms with E-state index in [-0.39, 0.29) is 17.9 Å². The summed E-state index contributed by atoms with van der Waals surface area (Å²) in [4.78, 5) is 27.4. The molecule has 0 spiro atoms. The van der Waals surface area contributed by atoms with Crippen LogP contribution in [-0.4, -0.2) is 45.8 Å². The van der Waals surface area contributed by atoms with Gasteiger partial charge >= 0.3 is 6.18 Å². The van der Waals surface area contributed by atoms with Gasteiger partial charge in [-0.1, -0.05) is 39.8 Å². The molecule has 1 aliphatic rings. The number of ether oxygens (including phenoxy) is 1. The average molecular weight is 481 g/mol. The molecule has 11 heteroatoms. The van der Waals surface area contributed by atoms with Crippen molar-refractivity contribution in [3.63, 3.8) is 0 Å². The highest BCUT2D eigenvalue weighted by molar-refractivity contribution is 5.83. The van der Waals surface area contributed by atoms with Crippen LogP contribution in [0.25, 0.3) is 11.2 Å². The van der Waals surface area contributed by atoms with Gasteiger partial charge in [-0.3, -0.25) is 9.36 Å². The third kappa shape index (κ3) is 6.22. The molecule has 1 N–H and O–H groups in total. The van der Waals surface area contributed by atoms with Gasteiger partial charge in [-0.05, 0) is 17.7 Å².